The Labute approximate surface area is 424 Å². The summed E-state index contributed by atoms with van der Waals surface area (Å²) >= 11 is 0. The van der Waals surface area contributed by atoms with E-state index in [-0.39, 0.29) is 177 Å². The maximum atomic E-state index is 11.4. The second-order valence-electron chi connectivity index (χ2n) is 8.24. The molecule has 0 unspecified atom stereocenters. The van der Waals surface area contributed by atoms with E-state index in [2.05, 4.69) is 25.1 Å². The molecule has 0 aliphatic carbocycles. The van der Waals surface area contributed by atoms with Crippen molar-refractivity contribution in [3.63, 3.8) is 0 Å². The molecular formula is C12H16Na6O27S6. The Morgan fingerprint density at radius 2 is 0.804 bits per heavy atom. The van der Waals surface area contributed by atoms with Crippen molar-refractivity contribution in [3.05, 3.63) is 0 Å². The molecule has 0 spiro atoms. The second kappa shape index (κ2) is 26.4. The Morgan fingerprint density at radius 3 is 1.18 bits per heavy atom. The second-order valence-corrected chi connectivity index (χ2v) is 14.4. The molecule has 268 valence electrons. The van der Waals surface area contributed by atoms with Crippen LogP contribution in [0.2, 0.25) is 0 Å². The summed E-state index contributed by atoms with van der Waals surface area (Å²) in [6.07, 6.45) is -20.9. The number of ether oxygens (including phenoxy) is 3. The van der Waals surface area contributed by atoms with Crippen LogP contribution in [-0.4, -0.2) is 147 Å². The van der Waals surface area contributed by atoms with Gasteiger partial charge in [-0.2, -0.15) is 0 Å². The standard InChI is InChI=1S/C12H22O27S6.6Na/c13-40(14,15)31-2-5-1-6(37-43(22,23)24)11(39-45(28,29)30)12(34-5)36-9-7(3-32-41(16,17)18)35-8(4-33-42(19,20)21)10(9)38-44(25,26)27;;;;;;/h5-12H,1-4H2,(H,13,14,15)(H,16,17,18)(H,19,20,21)(H,22,23,24)(H,25,26,27)(H,28,29,30);;;;;;/q;6*+1/p-6/t5-,6+,7-,8-,9-,10-,11-,12+;;;;;;/m1....../s1. The molecule has 2 fully saturated rings. The SMILES string of the molecule is O=S(=O)([O-])OC[C@H]1C[C@H](OS(=O)(=O)[O-])[C@@H](OS(=O)(=O)[O-])[C@H](O[C@H]2[C@H](OS(=O)(=O)[O-])[C@@H](COS(=O)(=O)[O-])O[C@@H]2COS(=O)(=O)[O-])O1.[Na+].[Na+].[Na+].[Na+].[Na+].[Na+]. The van der Waals surface area contributed by atoms with E-state index in [1.54, 1.807) is 0 Å². The smallest absolute Gasteiger partial charge is 0.726 e. The van der Waals surface area contributed by atoms with Crippen LogP contribution in [0, 0.1) is 0 Å². The average molecular weight is 923 g/mol. The first-order valence-corrected chi connectivity index (χ1v) is 18.7. The first-order chi connectivity index (χ1) is 20.0. The van der Waals surface area contributed by atoms with Crippen molar-refractivity contribution < 1.29 is 294 Å². The molecule has 27 nitrogen and oxygen atoms in total. The van der Waals surface area contributed by atoms with Gasteiger partial charge in [0.2, 0.25) is 62.4 Å². The van der Waals surface area contributed by atoms with Gasteiger partial charge in [-0.25, -0.2) is 50.5 Å². The molecule has 2 rings (SSSR count). The van der Waals surface area contributed by atoms with Crippen LogP contribution in [0.5, 0.6) is 0 Å². The number of rotatable bonds is 17. The van der Waals surface area contributed by atoms with Crippen molar-refractivity contribution in [1.82, 2.24) is 0 Å². The summed E-state index contributed by atoms with van der Waals surface area (Å²) < 4.78 is 240. The van der Waals surface area contributed by atoms with E-state index in [1.807, 2.05) is 0 Å². The molecule has 0 aromatic carbocycles. The molecular weight excluding hydrogens is 906 g/mol. The van der Waals surface area contributed by atoms with E-state index < -0.39 is 138 Å². The maximum absolute atomic E-state index is 11.4. The average Bonchev–Trinajstić information content (AvgIpc) is 3.08. The van der Waals surface area contributed by atoms with E-state index >= 15 is 0 Å². The van der Waals surface area contributed by atoms with Crippen molar-refractivity contribution >= 4 is 62.4 Å². The summed E-state index contributed by atoms with van der Waals surface area (Å²) in [5.41, 5.74) is 0. The van der Waals surface area contributed by atoms with Crippen LogP contribution in [-0.2, 0) is 102 Å². The molecule has 0 N–H and O–H groups in total. The zero-order chi connectivity index (χ0) is 34.8. The minimum absolute atomic E-state index is 0. The van der Waals surface area contributed by atoms with Gasteiger partial charge in [-0.1, -0.05) is 0 Å². The molecule has 2 saturated heterocycles. The molecule has 2 aliphatic rings. The van der Waals surface area contributed by atoms with Gasteiger partial charge in [0.25, 0.3) is 0 Å². The predicted octanol–water partition coefficient (Wildman–Crippen LogP) is -24.8. The van der Waals surface area contributed by atoms with E-state index in [0.717, 1.165) is 0 Å². The van der Waals surface area contributed by atoms with E-state index in [4.69, 9.17) is 14.2 Å². The normalized spacial score (nSPS) is 27.2. The van der Waals surface area contributed by atoms with Crippen LogP contribution < -0.4 is 177 Å². The monoisotopic (exact) mass is 922 g/mol. The van der Waals surface area contributed by atoms with Crippen molar-refractivity contribution in [2.45, 2.75) is 55.4 Å². The summed E-state index contributed by atoms with van der Waals surface area (Å²) in [6, 6.07) is 0. The van der Waals surface area contributed by atoms with Gasteiger partial charge in [-0.05, 0) is 0 Å². The largest absolute Gasteiger partial charge is 1.00 e. The third-order valence-electron chi connectivity index (χ3n) is 5.00. The molecule has 39 heteroatoms. The maximum Gasteiger partial charge on any atom is 1.00 e. The Balaban J connectivity index is -0.00000118. The number of hydrogen-bond acceptors (Lipinski definition) is 27. The van der Waals surface area contributed by atoms with Crippen molar-refractivity contribution in [3.8, 4) is 0 Å². The van der Waals surface area contributed by atoms with Crippen LogP contribution in [0.4, 0.5) is 0 Å². The summed E-state index contributed by atoms with van der Waals surface area (Å²) in [6.45, 7) is -4.50. The predicted molar refractivity (Wildman–Crippen MR) is 117 cm³/mol. The summed E-state index contributed by atoms with van der Waals surface area (Å²) in [5.74, 6) is 0. The van der Waals surface area contributed by atoms with Gasteiger partial charge in [0.1, 0.15) is 30.5 Å². The molecule has 0 radical (unpaired) electrons. The van der Waals surface area contributed by atoms with Gasteiger partial charge in [0.05, 0.1) is 25.9 Å². The van der Waals surface area contributed by atoms with Gasteiger partial charge in [0, 0.05) is 6.42 Å². The fraction of sp³-hybridized carbons (Fsp3) is 1.00. The van der Waals surface area contributed by atoms with E-state index in [1.165, 1.54) is 0 Å². The third kappa shape index (κ3) is 28.3. The van der Waals surface area contributed by atoms with E-state index in [9.17, 15) is 77.8 Å². The van der Waals surface area contributed by atoms with Crippen molar-refractivity contribution in [1.29, 1.82) is 0 Å². The fourth-order valence-electron chi connectivity index (χ4n) is 3.70. The fourth-order valence-corrected chi connectivity index (χ4v) is 6.10. The van der Waals surface area contributed by atoms with Gasteiger partial charge in [0.15, 0.2) is 12.4 Å². The zero-order valence-corrected chi connectivity index (χ0v) is 43.8. The van der Waals surface area contributed by atoms with Gasteiger partial charge in [-0.3, -0.25) is 25.1 Å². The molecule has 2 heterocycles. The summed E-state index contributed by atoms with van der Waals surface area (Å²) in [4.78, 5) is 0. The first-order valence-electron chi connectivity index (χ1n) is 10.7. The first kappa shape index (κ1) is 65.2. The Hall–Kier alpha value is 5.10. The van der Waals surface area contributed by atoms with Crippen LogP contribution in [0.3, 0.4) is 0 Å². The van der Waals surface area contributed by atoms with Gasteiger partial charge in [-0.15, -0.1) is 0 Å². The van der Waals surface area contributed by atoms with Crippen molar-refractivity contribution in [2.24, 2.45) is 0 Å². The van der Waals surface area contributed by atoms with Gasteiger partial charge >= 0.3 is 177 Å². The Kier molecular flexibility index (Phi) is 33.8. The van der Waals surface area contributed by atoms with Crippen LogP contribution in [0.25, 0.3) is 0 Å². The topological polar surface area (TPSA) is 426 Å². The third-order valence-corrected chi connectivity index (χ3v) is 7.68. The van der Waals surface area contributed by atoms with Crippen LogP contribution in [0.15, 0.2) is 0 Å². The molecule has 8 atom stereocenters. The molecule has 51 heavy (non-hydrogen) atoms. The quantitative estimate of drug-likeness (QED) is 0.0742. The Bertz CT molecular complexity index is 1710. The minimum Gasteiger partial charge on any atom is -0.726 e. The number of hydrogen-bond donors (Lipinski definition) is 0. The van der Waals surface area contributed by atoms with Crippen LogP contribution >= 0.6 is 0 Å². The summed E-state index contributed by atoms with van der Waals surface area (Å²) in [7, 11) is -34.6. The molecule has 0 aromatic heterocycles. The molecule has 0 amide bonds. The van der Waals surface area contributed by atoms with E-state index in [0.29, 0.717) is 0 Å². The van der Waals surface area contributed by atoms with Crippen LogP contribution in [0.1, 0.15) is 6.42 Å². The zero-order valence-electron chi connectivity index (χ0n) is 26.9. The van der Waals surface area contributed by atoms with Crippen molar-refractivity contribution in [2.75, 3.05) is 19.8 Å². The molecule has 0 saturated carbocycles. The molecule has 0 aromatic rings. The molecule has 2 aliphatic heterocycles. The summed E-state index contributed by atoms with van der Waals surface area (Å²) in [5, 5.41) is 0. The molecule has 0 bridgehead atoms. The van der Waals surface area contributed by atoms with Gasteiger partial charge < -0.3 is 41.5 Å². The minimum atomic E-state index is -5.99. The Morgan fingerprint density at radius 1 is 0.451 bits per heavy atom.